The first kappa shape index (κ1) is 11.0. The minimum absolute atomic E-state index is 0.180. The van der Waals surface area contributed by atoms with Crippen molar-refractivity contribution in [2.24, 2.45) is 5.92 Å². The molecular formula is C14H14N2O2. The van der Waals surface area contributed by atoms with Crippen molar-refractivity contribution in [1.82, 2.24) is 9.97 Å². The number of benzene rings is 1. The van der Waals surface area contributed by atoms with Crippen LogP contribution in [0.25, 0.3) is 11.1 Å². The van der Waals surface area contributed by atoms with Gasteiger partial charge in [0, 0.05) is 6.42 Å². The van der Waals surface area contributed by atoms with Crippen LogP contribution < -0.4 is 5.56 Å². The Hall–Kier alpha value is -2.10. The molecule has 0 saturated heterocycles. The lowest BCUT2D eigenvalue weighted by atomic mass is 10.1. The third-order valence-corrected chi connectivity index (χ3v) is 3.19. The highest BCUT2D eigenvalue weighted by Gasteiger charge is 2.23. The fraction of sp³-hybridized carbons (Fsp3) is 0.286. The molecule has 0 unspecified atom stereocenters. The maximum Gasteiger partial charge on any atom is 0.262 e. The largest absolute Gasteiger partial charge is 0.493 e. The number of nitrogens with one attached hydrogen (secondary N) is 1. The van der Waals surface area contributed by atoms with Gasteiger partial charge in [0.1, 0.15) is 11.4 Å². The number of rotatable bonds is 3. The summed E-state index contributed by atoms with van der Waals surface area (Å²) < 4.78 is 0. The molecule has 2 N–H and O–H groups in total. The van der Waals surface area contributed by atoms with Crippen molar-refractivity contribution in [2.75, 3.05) is 0 Å². The minimum atomic E-state index is -0.274. The molecule has 0 spiro atoms. The fourth-order valence-electron chi connectivity index (χ4n) is 2.06. The molecule has 0 atom stereocenters. The monoisotopic (exact) mass is 242 g/mol. The Labute approximate surface area is 104 Å². The van der Waals surface area contributed by atoms with Gasteiger partial charge in [-0.05, 0) is 24.3 Å². The highest BCUT2D eigenvalue weighted by atomic mass is 16.3. The Morgan fingerprint density at radius 3 is 2.61 bits per heavy atom. The van der Waals surface area contributed by atoms with E-state index in [9.17, 15) is 9.90 Å². The summed E-state index contributed by atoms with van der Waals surface area (Å²) in [5, 5.41) is 9.93. The molecule has 2 aromatic rings. The van der Waals surface area contributed by atoms with E-state index in [-0.39, 0.29) is 17.0 Å². The topological polar surface area (TPSA) is 66.0 Å². The van der Waals surface area contributed by atoms with Crippen LogP contribution in [0, 0.1) is 5.92 Å². The second-order valence-electron chi connectivity index (χ2n) is 4.72. The SMILES string of the molecule is O=c1[nH]c(CC2CC2)nc(O)c1-c1ccccc1. The van der Waals surface area contributed by atoms with Crippen molar-refractivity contribution in [3.8, 4) is 17.0 Å². The summed E-state index contributed by atoms with van der Waals surface area (Å²) >= 11 is 0. The van der Waals surface area contributed by atoms with Crippen LogP contribution in [0.4, 0.5) is 0 Å². The van der Waals surface area contributed by atoms with Gasteiger partial charge >= 0.3 is 0 Å². The zero-order valence-corrected chi connectivity index (χ0v) is 9.89. The highest BCUT2D eigenvalue weighted by molar-refractivity contribution is 5.66. The molecule has 1 aliphatic rings. The first-order valence-electron chi connectivity index (χ1n) is 6.11. The van der Waals surface area contributed by atoms with E-state index in [0.29, 0.717) is 17.3 Å². The molecule has 0 radical (unpaired) electrons. The lowest BCUT2D eigenvalue weighted by Crippen LogP contribution is -2.14. The summed E-state index contributed by atoms with van der Waals surface area (Å²) in [7, 11) is 0. The zero-order chi connectivity index (χ0) is 12.5. The average molecular weight is 242 g/mol. The molecule has 1 aromatic carbocycles. The lowest BCUT2D eigenvalue weighted by Gasteiger charge is -2.05. The van der Waals surface area contributed by atoms with Gasteiger partial charge in [-0.1, -0.05) is 30.3 Å². The molecule has 1 aliphatic carbocycles. The molecule has 4 heteroatoms. The maximum atomic E-state index is 12.0. The fourth-order valence-corrected chi connectivity index (χ4v) is 2.06. The summed E-state index contributed by atoms with van der Waals surface area (Å²) in [4.78, 5) is 18.9. The summed E-state index contributed by atoms with van der Waals surface area (Å²) in [6.45, 7) is 0. The van der Waals surface area contributed by atoms with Gasteiger partial charge in [0.2, 0.25) is 5.88 Å². The van der Waals surface area contributed by atoms with Gasteiger partial charge in [-0.3, -0.25) is 4.79 Å². The molecule has 0 aliphatic heterocycles. The average Bonchev–Trinajstić information content (AvgIpc) is 3.13. The first-order valence-corrected chi connectivity index (χ1v) is 6.11. The van der Waals surface area contributed by atoms with Crippen LogP contribution >= 0.6 is 0 Å². The molecule has 1 heterocycles. The number of nitrogens with zero attached hydrogens (tertiary/aromatic N) is 1. The van der Waals surface area contributed by atoms with E-state index in [4.69, 9.17) is 0 Å². The Morgan fingerprint density at radius 1 is 1.28 bits per heavy atom. The van der Waals surface area contributed by atoms with Gasteiger partial charge in [-0.25, -0.2) is 0 Å². The lowest BCUT2D eigenvalue weighted by molar-refractivity contribution is 0.449. The molecule has 0 amide bonds. The standard InChI is InChI=1S/C14H14N2O2/c17-13-12(10-4-2-1-3-5-10)14(18)16-11(15-13)8-9-6-7-9/h1-5,9H,6-8H2,(H2,15,16,17,18). The normalized spacial score (nSPS) is 14.7. The Morgan fingerprint density at radius 2 is 2.00 bits per heavy atom. The van der Waals surface area contributed by atoms with Crippen molar-refractivity contribution in [3.63, 3.8) is 0 Å². The van der Waals surface area contributed by atoms with E-state index in [0.717, 1.165) is 6.42 Å². The highest BCUT2D eigenvalue weighted by Crippen LogP contribution is 2.32. The third-order valence-electron chi connectivity index (χ3n) is 3.19. The predicted octanol–water partition coefficient (Wildman–Crippen LogP) is 2.09. The number of H-pyrrole nitrogens is 1. The number of hydrogen-bond acceptors (Lipinski definition) is 3. The second kappa shape index (κ2) is 4.29. The zero-order valence-electron chi connectivity index (χ0n) is 9.89. The van der Waals surface area contributed by atoms with Crippen molar-refractivity contribution >= 4 is 0 Å². The smallest absolute Gasteiger partial charge is 0.262 e. The maximum absolute atomic E-state index is 12.0. The van der Waals surface area contributed by atoms with Crippen LogP contribution in [-0.4, -0.2) is 15.1 Å². The number of aromatic hydroxyl groups is 1. The minimum Gasteiger partial charge on any atom is -0.493 e. The Bertz CT molecular complexity index is 615. The van der Waals surface area contributed by atoms with Crippen molar-refractivity contribution in [3.05, 3.63) is 46.5 Å². The van der Waals surface area contributed by atoms with E-state index < -0.39 is 0 Å². The Kier molecular flexibility index (Phi) is 2.63. The van der Waals surface area contributed by atoms with Gasteiger partial charge in [-0.2, -0.15) is 4.98 Å². The summed E-state index contributed by atoms with van der Waals surface area (Å²) in [5.74, 6) is 1.02. The molecular weight excluding hydrogens is 228 g/mol. The number of aromatic amines is 1. The van der Waals surface area contributed by atoms with Crippen molar-refractivity contribution in [1.29, 1.82) is 0 Å². The van der Waals surface area contributed by atoms with Gasteiger partial charge in [-0.15, -0.1) is 0 Å². The number of aromatic nitrogens is 2. The van der Waals surface area contributed by atoms with E-state index in [2.05, 4.69) is 9.97 Å². The van der Waals surface area contributed by atoms with Gasteiger partial charge < -0.3 is 10.1 Å². The van der Waals surface area contributed by atoms with E-state index in [1.165, 1.54) is 12.8 Å². The van der Waals surface area contributed by atoms with Crippen LogP contribution in [-0.2, 0) is 6.42 Å². The van der Waals surface area contributed by atoms with E-state index in [1.807, 2.05) is 18.2 Å². The summed E-state index contributed by atoms with van der Waals surface area (Å²) in [6, 6.07) is 9.08. The van der Waals surface area contributed by atoms with Gasteiger partial charge in [0.05, 0.1) is 0 Å². The predicted molar refractivity (Wildman–Crippen MR) is 68.4 cm³/mol. The van der Waals surface area contributed by atoms with Crippen LogP contribution in [0.5, 0.6) is 5.88 Å². The molecule has 3 rings (SSSR count). The molecule has 0 bridgehead atoms. The summed E-state index contributed by atoms with van der Waals surface area (Å²) in [6.07, 6.45) is 3.12. The third kappa shape index (κ3) is 2.14. The molecule has 18 heavy (non-hydrogen) atoms. The Balaban J connectivity index is 2.03. The van der Waals surface area contributed by atoms with Gasteiger partial charge in [0.15, 0.2) is 0 Å². The molecule has 4 nitrogen and oxygen atoms in total. The first-order chi connectivity index (χ1) is 8.74. The number of hydrogen-bond donors (Lipinski definition) is 2. The quantitative estimate of drug-likeness (QED) is 0.866. The van der Waals surface area contributed by atoms with Crippen molar-refractivity contribution in [2.45, 2.75) is 19.3 Å². The van der Waals surface area contributed by atoms with Crippen molar-refractivity contribution < 1.29 is 5.11 Å². The van der Waals surface area contributed by atoms with Gasteiger partial charge in [0.25, 0.3) is 5.56 Å². The second-order valence-corrected chi connectivity index (χ2v) is 4.72. The van der Waals surface area contributed by atoms with Crippen LogP contribution in [0.3, 0.4) is 0 Å². The van der Waals surface area contributed by atoms with Crippen LogP contribution in [0.1, 0.15) is 18.7 Å². The van der Waals surface area contributed by atoms with E-state index >= 15 is 0 Å². The molecule has 92 valence electrons. The van der Waals surface area contributed by atoms with E-state index in [1.54, 1.807) is 12.1 Å². The molecule has 1 aromatic heterocycles. The molecule has 1 fully saturated rings. The van der Waals surface area contributed by atoms with Crippen LogP contribution in [0.15, 0.2) is 35.1 Å². The summed E-state index contributed by atoms with van der Waals surface area (Å²) in [5.41, 5.74) is 0.654. The molecule has 1 saturated carbocycles. The van der Waals surface area contributed by atoms with Crippen LogP contribution in [0.2, 0.25) is 0 Å².